The quantitative estimate of drug-likeness (QED) is 0.680. The first-order valence-corrected chi connectivity index (χ1v) is 6.29. The lowest BCUT2D eigenvalue weighted by Crippen LogP contribution is -2.28. The largest absolute Gasteiger partial charge is 0.375 e. The van der Waals surface area contributed by atoms with Crippen molar-refractivity contribution in [2.24, 2.45) is 0 Å². The summed E-state index contributed by atoms with van der Waals surface area (Å²) in [4.78, 5) is 15.6. The molecule has 0 aromatic carbocycles. The predicted octanol–water partition coefficient (Wildman–Crippen LogP) is -0.539. The minimum Gasteiger partial charge on any atom is -0.375 e. The number of tetrazole rings is 1. The van der Waals surface area contributed by atoms with Crippen molar-refractivity contribution in [1.29, 1.82) is 0 Å². The summed E-state index contributed by atoms with van der Waals surface area (Å²) in [7, 11) is 0. The van der Waals surface area contributed by atoms with Crippen molar-refractivity contribution in [2.45, 2.75) is 19.4 Å². The summed E-state index contributed by atoms with van der Waals surface area (Å²) < 4.78 is 1.37. The number of anilines is 1. The molecule has 18 heavy (non-hydrogen) atoms. The Morgan fingerprint density at radius 1 is 1.56 bits per heavy atom. The Kier molecular flexibility index (Phi) is 4.18. The third kappa shape index (κ3) is 3.77. The van der Waals surface area contributed by atoms with Gasteiger partial charge in [0.15, 0.2) is 5.13 Å². The van der Waals surface area contributed by atoms with Gasteiger partial charge in [-0.2, -0.15) is 0 Å². The molecular formula is C9H13N7OS. The van der Waals surface area contributed by atoms with E-state index in [1.807, 2.05) is 5.38 Å². The maximum atomic E-state index is 11.5. The van der Waals surface area contributed by atoms with E-state index in [-0.39, 0.29) is 12.5 Å². The number of hydrogen-bond donors (Lipinski definition) is 2. The Morgan fingerprint density at radius 2 is 2.44 bits per heavy atom. The van der Waals surface area contributed by atoms with Crippen LogP contribution in [0.25, 0.3) is 0 Å². The summed E-state index contributed by atoms with van der Waals surface area (Å²) in [6, 6.07) is 0. The van der Waals surface area contributed by atoms with Crippen LogP contribution in [-0.4, -0.2) is 37.6 Å². The van der Waals surface area contributed by atoms with Gasteiger partial charge < -0.3 is 11.1 Å². The molecular weight excluding hydrogens is 254 g/mol. The van der Waals surface area contributed by atoms with E-state index in [1.54, 1.807) is 0 Å². The minimum absolute atomic E-state index is 0.111. The second-order valence-corrected chi connectivity index (χ2v) is 4.53. The van der Waals surface area contributed by atoms with Gasteiger partial charge >= 0.3 is 0 Å². The highest BCUT2D eigenvalue weighted by atomic mass is 32.1. The third-order valence-electron chi connectivity index (χ3n) is 2.20. The molecule has 0 fully saturated rings. The molecule has 0 aliphatic carbocycles. The molecule has 0 aliphatic rings. The van der Waals surface area contributed by atoms with Crippen LogP contribution in [0.5, 0.6) is 0 Å². The number of thiazole rings is 1. The van der Waals surface area contributed by atoms with Gasteiger partial charge in [-0.1, -0.05) is 0 Å². The van der Waals surface area contributed by atoms with Crippen LogP contribution in [0.4, 0.5) is 5.13 Å². The Balaban J connectivity index is 1.62. The number of nitrogens with two attached hydrogens (primary N) is 1. The molecule has 2 aromatic heterocycles. The van der Waals surface area contributed by atoms with Crippen LogP contribution in [0, 0.1) is 0 Å². The van der Waals surface area contributed by atoms with Gasteiger partial charge in [-0.3, -0.25) is 4.79 Å². The van der Waals surface area contributed by atoms with E-state index in [0.29, 0.717) is 11.7 Å². The lowest BCUT2D eigenvalue weighted by atomic mass is 10.2. The average Bonchev–Trinajstić information content (AvgIpc) is 2.96. The molecule has 2 rings (SSSR count). The molecule has 0 saturated heterocycles. The lowest BCUT2D eigenvalue weighted by molar-refractivity contribution is -0.121. The first kappa shape index (κ1) is 12.4. The fourth-order valence-corrected chi connectivity index (χ4v) is 1.99. The third-order valence-corrected chi connectivity index (χ3v) is 2.92. The van der Waals surface area contributed by atoms with Crippen LogP contribution in [0.2, 0.25) is 0 Å². The highest BCUT2D eigenvalue weighted by Gasteiger charge is 2.03. The molecule has 0 aliphatic heterocycles. The highest BCUT2D eigenvalue weighted by molar-refractivity contribution is 7.13. The van der Waals surface area contributed by atoms with Crippen molar-refractivity contribution in [3.05, 3.63) is 17.4 Å². The fraction of sp³-hybridized carbons (Fsp3) is 0.444. The molecule has 0 atom stereocenters. The summed E-state index contributed by atoms with van der Waals surface area (Å²) in [6.45, 7) is 0.731. The van der Waals surface area contributed by atoms with Gasteiger partial charge in [0.1, 0.15) is 12.9 Å². The van der Waals surface area contributed by atoms with E-state index in [0.717, 1.165) is 18.5 Å². The van der Waals surface area contributed by atoms with Crippen LogP contribution in [-0.2, 0) is 17.8 Å². The zero-order valence-electron chi connectivity index (χ0n) is 9.61. The van der Waals surface area contributed by atoms with Crippen LogP contribution in [0.1, 0.15) is 12.1 Å². The van der Waals surface area contributed by atoms with Gasteiger partial charge in [0.05, 0.1) is 5.69 Å². The molecule has 1 amide bonds. The topological polar surface area (TPSA) is 112 Å². The van der Waals surface area contributed by atoms with Crippen LogP contribution >= 0.6 is 11.3 Å². The number of rotatable bonds is 6. The van der Waals surface area contributed by atoms with Crippen molar-refractivity contribution in [3.8, 4) is 0 Å². The van der Waals surface area contributed by atoms with Crippen molar-refractivity contribution in [3.63, 3.8) is 0 Å². The summed E-state index contributed by atoms with van der Waals surface area (Å²) >= 11 is 1.43. The zero-order chi connectivity index (χ0) is 12.8. The first-order chi connectivity index (χ1) is 8.74. The van der Waals surface area contributed by atoms with Crippen LogP contribution < -0.4 is 11.1 Å². The van der Waals surface area contributed by atoms with E-state index < -0.39 is 0 Å². The van der Waals surface area contributed by atoms with Gasteiger partial charge in [-0.25, -0.2) is 9.67 Å². The number of aromatic nitrogens is 5. The molecule has 96 valence electrons. The average molecular weight is 267 g/mol. The van der Waals surface area contributed by atoms with E-state index in [1.165, 1.54) is 22.3 Å². The lowest BCUT2D eigenvalue weighted by Gasteiger charge is -2.03. The minimum atomic E-state index is -0.111. The number of amides is 1. The van der Waals surface area contributed by atoms with Crippen LogP contribution in [0.3, 0.4) is 0 Å². The smallest absolute Gasteiger partial charge is 0.241 e. The Labute approximate surface area is 107 Å². The van der Waals surface area contributed by atoms with Crippen LogP contribution in [0.15, 0.2) is 11.7 Å². The highest BCUT2D eigenvalue weighted by Crippen LogP contribution is 2.11. The SMILES string of the molecule is Nc1nc(CCCNC(=O)Cn2cnnn2)cs1. The summed E-state index contributed by atoms with van der Waals surface area (Å²) in [5, 5.41) is 15.8. The second kappa shape index (κ2) is 6.05. The molecule has 2 aromatic rings. The molecule has 0 spiro atoms. The monoisotopic (exact) mass is 267 g/mol. The molecule has 8 nitrogen and oxygen atoms in total. The molecule has 0 unspecified atom stereocenters. The van der Waals surface area contributed by atoms with Gasteiger partial charge in [0.2, 0.25) is 5.91 Å². The van der Waals surface area contributed by atoms with E-state index >= 15 is 0 Å². The molecule has 3 N–H and O–H groups in total. The Morgan fingerprint density at radius 3 is 3.11 bits per heavy atom. The summed E-state index contributed by atoms with van der Waals surface area (Å²) in [5.41, 5.74) is 6.49. The van der Waals surface area contributed by atoms with Gasteiger partial charge in [-0.05, 0) is 23.3 Å². The molecule has 0 bridgehead atoms. The number of nitrogen functional groups attached to an aromatic ring is 1. The van der Waals surface area contributed by atoms with Gasteiger partial charge in [0.25, 0.3) is 0 Å². The first-order valence-electron chi connectivity index (χ1n) is 5.41. The normalized spacial score (nSPS) is 10.4. The van der Waals surface area contributed by atoms with E-state index in [4.69, 9.17) is 5.73 Å². The number of carbonyl (C=O) groups excluding carboxylic acids is 1. The van der Waals surface area contributed by atoms with Crippen molar-refractivity contribution < 1.29 is 4.79 Å². The van der Waals surface area contributed by atoms with E-state index in [2.05, 4.69) is 25.8 Å². The number of nitrogens with one attached hydrogen (secondary N) is 1. The maximum Gasteiger partial charge on any atom is 0.241 e. The zero-order valence-corrected chi connectivity index (χ0v) is 10.4. The summed E-state index contributed by atoms with van der Waals surface area (Å²) in [5.74, 6) is -0.111. The van der Waals surface area contributed by atoms with E-state index in [9.17, 15) is 4.79 Å². The molecule has 2 heterocycles. The number of carbonyl (C=O) groups is 1. The molecule has 0 radical (unpaired) electrons. The fourth-order valence-electron chi connectivity index (χ4n) is 1.39. The number of nitrogens with zero attached hydrogens (tertiary/aromatic N) is 5. The number of hydrogen-bond acceptors (Lipinski definition) is 7. The Hall–Kier alpha value is -2.03. The molecule has 9 heteroatoms. The standard InChI is InChI=1S/C9H13N7OS/c10-9-13-7(5-18-9)2-1-3-11-8(17)4-16-6-12-14-15-16/h5-6H,1-4H2,(H2,10,13)(H,11,17). The maximum absolute atomic E-state index is 11.5. The van der Waals surface area contributed by atoms with Gasteiger partial charge in [0, 0.05) is 11.9 Å². The van der Waals surface area contributed by atoms with Crippen molar-refractivity contribution in [1.82, 2.24) is 30.5 Å². The van der Waals surface area contributed by atoms with Crippen molar-refractivity contribution in [2.75, 3.05) is 12.3 Å². The Bertz CT molecular complexity index is 495. The number of aryl methyl sites for hydroxylation is 1. The molecule has 0 saturated carbocycles. The second-order valence-electron chi connectivity index (χ2n) is 3.64. The summed E-state index contributed by atoms with van der Waals surface area (Å²) in [6.07, 6.45) is 3.03. The van der Waals surface area contributed by atoms with Crippen molar-refractivity contribution >= 4 is 22.4 Å². The predicted molar refractivity (Wildman–Crippen MR) is 65.7 cm³/mol. The van der Waals surface area contributed by atoms with Gasteiger partial charge in [-0.15, -0.1) is 16.4 Å².